The quantitative estimate of drug-likeness (QED) is 0.864. The fourth-order valence-electron chi connectivity index (χ4n) is 2.26. The number of halogens is 1. The van der Waals surface area contributed by atoms with Crippen LogP contribution in [0.15, 0.2) is 30.3 Å². The van der Waals surface area contributed by atoms with Gasteiger partial charge in [0.25, 0.3) is 0 Å². The molecule has 16 heavy (non-hydrogen) atoms. The van der Waals surface area contributed by atoms with Crippen LogP contribution < -0.4 is 5.32 Å². The van der Waals surface area contributed by atoms with Gasteiger partial charge in [-0.15, -0.1) is 12.4 Å². The molecular weight excluding hydrogens is 220 g/mol. The van der Waals surface area contributed by atoms with Crippen LogP contribution in [-0.4, -0.2) is 30.1 Å². The van der Waals surface area contributed by atoms with Crippen LogP contribution in [0.2, 0.25) is 0 Å². The van der Waals surface area contributed by atoms with Gasteiger partial charge in [0.15, 0.2) is 0 Å². The summed E-state index contributed by atoms with van der Waals surface area (Å²) in [6, 6.07) is 12.5. The molecule has 0 unspecified atom stereocenters. The van der Waals surface area contributed by atoms with Crippen molar-refractivity contribution in [1.29, 1.82) is 0 Å². The summed E-state index contributed by atoms with van der Waals surface area (Å²) < 4.78 is 0. The number of nitrogens with zero attached hydrogens (tertiary/aromatic N) is 1. The van der Waals surface area contributed by atoms with Crippen LogP contribution in [0.25, 0.3) is 0 Å². The first-order valence-corrected chi connectivity index (χ1v) is 5.94. The molecule has 0 bridgehead atoms. The Hall–Kier alpha value is -0.570. The second-order valence-electron chi connectivity index (χ2n) is 4.70. The largest absolute Gasteiger partial charge is 0.314 e. The van der Waals surface area contributed by atoms with Gasteiger partial charge in [0.05, 0.1) is 0 Å². The summed E-state index contributed by atoms with van der Waals surface area (Å²) in [5.74, 6) is 0. The lowest BCUT2D eigenvalue weighted by Crippen LogP contribution is -2.57. The van der Waals surface area contributed by atoms with E-state index in [0.717, 1.165) is 18.6 Å². The summed E-state index contributed by atoms with van der Waals surface area (Å²) in [6.07, 6.45) is 2.81. The highest BCUT2D eigenvalue weighted by molar-refractivity contribution is 5.85. The highest BCUT2D eigenvalue weighted by Crippen LogP contribution is 2.31. The SMILES string of the molecule is Cl.c1ccc(CN(C2CC2)C2CNC2)cc1. The molecule has 88 valence electrons. The molecule has 3 rings (SSSR count). The van der Waals surface area contributed by atoms with Gasteiger partial charge >= 0.3 is 0 Å². The fraction of sp³-hybridized carbons (Fsp3) is 0.538. The molecule has 0 radical (unpaired) electrons. The summed E-state index contributed by atoms with van der Waals surface area (Å²) in [4.78, 5) is 2.69. The molecule has 1 saturated heterocycles. The van der Waals surface area contributed by atoms with Gasteiger partial charge in [-0.2, -0.15) is 0 Å². The minimum atomic E-state index is 0. The van der Waals surface area contributed by atoms with Gasteiger partial charge in [-0.1, -0.05) is 30.3 Å². The number of hydrogen-bond donors (Lipinski definition) is 1. The molecule has 2 fully saturated rings. The van der Waals surface area contributed by atoms with E-state index in [0.29, 0.717) is 0 Å². The lowest BCUT2D eigenvalue weighted by Gasteiger charge is -2.38. The molecular formula is C13H19ClN2. The molecule has 1 aromatic rings. The normalized spacial score (nSPS) is 20.3. The molecule has 3 heteroatoms. The van der Waals surface area contributed by atoms with Crippen molar-refractivity contribution in [2.24, 2.45) is 0 Å². The van der Waals surface area contributed by atoms with E-state index in [-0.39, 0.29) is 12.4 Å². The van der Waals surface area contributed by atoms with Crippen molar-refractivity contribution in [2.45, 2.75) is 31.5 Å². The van der Waals surface area contributed by atoms with Crippen LogP contribution >= 0.6 is 12.4 Å². The van der Waals surface area contributed by atoms with Crippen molar-refractivity contribution >= 4 is 12.4 Å². The topological polar surface area (TPSA) is 15.3 Å². The van der Waals surface area contributed by atoms with Gasteiger partial charge in [-0.05, 0) is 18.4 Å². The molecule has 0 amide bonds. The van der Waals surface area contributed by atoms with E-state index in [1.807, 2.05) is 0 Å². The van der Waals surface area contributed by atoms with Crippen molar-refractivity contribution in [3.05, 3.63) is 35.9 Å². The number of nitrogens with one attached hydrogen (secondary N) is 1. The first-order valence-electron chi connectivity index (χ1n) is 5.94. The Morgan fingerprint density at radius 3 is 2.25 bits per heavy atom. The van der Waals surface area contributed by atoms with E-state index in [4.69, 9.17) is 0 Å². The minimum absolute atomic E-state index is 0. The summed E-state index contributed by atoms with van der Waals surface area (Å²) >= 11 is 0. The second kappa shape index (κ2) is 5.17. The van der Waals surface area contributed by atoms with Crippen LogP contribution in [0, 0.1) is 0 Å². The van der Waals surface area contributed by atoms with Crippen LogP contribution in [0.1, 0.15) is 18.4 Å². The second-order valence-corrected chi connectivity index (χ2v) is 4.70. The van der Waals surface area contributed by atoms with E-state index in [2.05, 4.69) is 40.5 Å². The zero-order chi connectivity index (χ0) is 10.1. The number of rotatable bonds is 4. The average Bonchev–Trinajstić information content (AvgIpc) is 2.99. The minimum Gasteiger partial charge on any atom is -0.314 e. The maximum absolute atomic E-state index is 3.37. The number of benzene rings is 1. The highest BCUT2D eigenvalue weighted by atomic mass is 35.5. The first-order chi connectivity index (χ1) is 7.43. The fourth-order valence-corrected chi connectivity index (χ4v) is 2.26. The smallest absolute Gasteiger partial charge is 0.0351 e. The van der Waals surface area contributed by atoms with E-state index in [1.165, 1.54) is 31.5 Å². The molecule has 2 nitrogen and oxygen atoms in total. The molecule has 1 heterocycles. The molecule has 1 aliphatic carbocycles. The molecule has 0 spiro atoms. The summed E-state index contributed by atoms with van der Waals surface area (Å²) in [7, 11) is 0. The van der Waals surface area contributed by atoms with Crippen molar-refractivity contribution in [1.82, 2.24) is 10.2 Å². The third kappa shape index (κ3) is 2.57. The monoisotopic (exact) mass is 238 g/mol. The standard InChI is InChI=1S/C13H18N2.ClH/c1-2-4-11(5-3-1)10-15(12-6-7-12)13-8-14-9-13;/h1-5,12-14H,6-10H2;1H. The van der Waals surface area contributed by atoms with Gasteiger partial charge in [0, 0.05) is 31.7 Å². The molecule has 0 aromatic heterocycles. The highest BCUT2D eigenvalue weighted by Gasteiger charge is 2.36. The van der Waals surface area contributed by atoms with E-state index < -0.39 is 0 Å². The lowest BCUT2D eigenvalue weighted by molar-refractivity contribution is 0.129. The maximum Gasteiger partial charge on any atom is 0.0351 e. The van der Waals surface area contributed by atoms with E-state index in [9.17, 15) is 0 Å². The average molecular weight is 239 g/mol. The summed E-state index contributed by atoms with van der Waals surface area (Å²) in [6.45, 7) is 3.50. The zero-order valence-electron chi connectivity index (χ0n) is 9.43. The third-order valence-electron chi connectivity index (χ3n) is 3.45. The van der Waals surface area contributed by atoms with Crippen molar-refractivity contribution < 1.29 is 0 Å². The van der Waals surface area contributed by atoms with Gasteiger partial charge < -0.3 is 5.32 Å². The van der Waals surface area contributed by atoms with E-state index >= 15 is 0 Å². The van der Waals surface area contributed by atoms with Crippen LogP contribution in [0.4, 0.5) is 0 Å². The van der Waals surface area contributed by atoms with Crippen LogP contribution in [0.5, 0.6) is 0 Å². The Balaban J connectivity index is 0.000000963. The molecule has 1 aromatic carbocycles. The number of hydrogen-bond acceptors (Lipinski definition) is 2. The van der Waals surface area contributed by atoms with Gasteiger partial charge in [-0.25, -0.2) is 0 Å². The Kier molecular flexibility index (Phi) is 3.85. The lowest BCUT2D eigenvalue weighted by atomic mass is 10.1. The van der Waals surface area contributed by atoms with Crippen LogP contribution in [0.3, 0.4) is 0 Å². The molecule has 1 aliphatic heterocycles. The Bertz CT molecular complexity index is 320. The molecule has 2 aliphatic rings. The molecule has 1 saturated carbocycles. The van der Waals surface area contributed by atoms with Crippen molar-refractivity contribution in [2.75, 3.05) is 13.1 Å². The summed E-state index contributed by atoms with van der Waals surface area (Å²) in [5, 5.41) is 3.37. The predicted molar refractivity (Wildman–Crippen MR) is 68.9 cm³/mol. The maximum atomic E-state index is 3.37. The molecule has 1 N–H and O–H groups in total. The molecule has 0 atom stereocenters. The first kappa shape index (κ1) is 11.9. The van der Waals surface area contributed by atoms with Gasteiger partial charge in [-0.3, -0.25) is 4.90 Å². The Labute approximate surface area is 103 Å². The zero-order valence-corrected chi connectivity index (χ0v) is 10.2. The van der Waals surface area contributed by atoms with E-state index in [1.54, 1.807) is 0 Å². The summed E-state index contributed by atoms with van der Waals surface area (Å²) in [5.41, 5.74) is 1.45. The Morgan fingerprint density at radius 1 is 1.06 bits per heavy atom. The van der Waals surface area contributed by atoms with Gasteiger partial charge in [0.1, 0.15) is 0 Å². The van der Waals surface area contributed by atoms with Crippen molar-refractivity contribution in [3.63, 3.8) is 0 Å². The Morgan fingerprint density at radius 2 is 1.75 bits per heavy atom. The van der Waals surface area contributed by atoms with Crippen molar-refractivity contribution in [3.8, 4) is 0 Å². The third-order valence-corrected chi connectivity index (χ3v) is 3.45. The predicted octanol–water partition coefficient (Wildman–Crippen LogP) is 2.04. The van der Waals surface area contributed by atoms with Gasteiger partial charge in [0.2, 0.25) is 0 Å². The van der Waals surface area contributed by atoms with Crippen LogP contribution in [-0.2, 0) is 6.54 Å².